The fraction of sp³-hybridized carbons (Fsp3) is 0.636. The topological polar surface area (TPSA) is 0 Å². The van der Waals surface area contributed by atoms with Crippen LogP contribution in [0.15, 0.2) is 24.8 Å². The lowest BCUT2D eigenvalue weighted by Gasteiger charge is -2.32. The molecule has 0 bridgehead atoms. The van der Waals surface area contributed by atoms with Crippen LogP contribution in [0.3, 0.4) is 0 Å². The average Bonchev–Trinajstić information content (AvgIpc) is 2.16. The van der Waals surface area contributed by atoms with Gasteiger partial charge in [0.25, 0.3) is 0 Å². The van der Waals surface area contributed by atoms with E-state index in [1.54, 1.807) is 0 Å². The van der Waals surface area contributed by atoms with Gasteiger partial charge >= 0.3 is 0 Å². The Balaban J connectivity index is 2.49. The first-order valence-electron chi connectivity index (χ1n) is 4.65. The number of allylic oxidation sites excluding steroid dienone is 3. The Kier molecular flexibility index (Phi) is 4.07. The van der Waals surface area contributed by atoms with Crippen LogP contribution >= 0.6 is 15.9 Å². The number of hydrogen-bond acceptors (Lipinski definition) is 0. The summed E-state index contributed by atoms with van der Waals surface area (Å²) >= 11 is 3.63. The molecule has 0 fully saturated rings. The molecule has 1 aliphatic carbocycles. The number of hydrogen-bond donors (Lipinski definition) is 0. The third-order valence-electron chi connectivity index (χ3n) is 2.72. The van der Waals surface area contributed by atoms with E-state index in [1.165, 1.54) is 25.7 Å². The van der Waals surface area contributed by atoms with Crippen molar-refractivity contribution in [3.8, 4) is 0 Å². The SMILES string of the molecule is C=CCCC1(CBr)CC=CCC1. The van der Waals surface area contributed by atoms with Gasteiger partial charge in [-0.3, -0.25) is 0 Å². The highest BCUT2D eigenvalue weighted by Crippen LogP contribution is 2.38. The van der Waals surface area contributed by atoms with Crippen LogP contribution in [0, 0.1) is 5.41 Å². The minimum atomic E-state index is 0.531. The summed E-state index contributed by atoms with van der Waals surface area (Å²) in [5, 5.41) is 1.14. The Morgan fingerprint density at radius 2 is 2.33 bits per heavy atom. The van der Waals surface area contributed by atoms with E-state index in [2.05, 4.69) is 34.7 Å². The predicted octanol–water partition coefficient (Wildman–Crippen LogP) is 4.07. The van der Waals surface area contributed by atoms with E-state index in [0.717, 1.165) is 11.8 Å². The number of rotatable bonds is 4. The molecule has 1 aliphatic rings. The summed E-state index contributed by atoms with van der Waals surface area (Å²) in [6, 6.07) is 0. The van der Waals surface area contributed by atoms with Crippen LogP contribution in [-0.2, 0) is 0 Å². The molecule has 12 heavy (non-hydrogen) atoms. The molecule has 0 aliphatic heterocycles. The van der Waals surface area contributed by atoms with E-state index in [4.69, 9.17) is 0 Å². The van der Waals surface area contributed by atoms with Gasteiger partial charge < -0.3 is 0 Å². The van der Waals surface area contributed by atoms with E-state index < -0.39 is 0 Å². The van der Waals surface area contributed by atoms with Crippen molar-refractivity contribution in [1.82, 2.24) is 0 Å². The first-order valence-corrected chi connectivity index (χ1v) is 5.77. The number of halogens is 1. The standard InChI is InChI=1S/C11H17Br/c1-2-3-7-11(10-12)8-5-4-6-9-11/h2,4-5H,1,3,6-10H2. The summed E-state index contributed by atoms with van der Waals surface area (Å²) in [6.45, 7) is 3.78. The smallest absolute Gasteiger partial charge is 0.00911 e. The fourth-order valence-electron chi connectivity index (χ4n) is 1.77. The van der Waals surface area contributed by atoms with E-state index >= 15 is 0 Å². The van der Waals surface area contributed by atoms with Gasteiger partial charge in [-0.15, -0.1) is 6.58 Å². The van der Waals surface area contributed by atoms with Gasteiger partial charge in [-0.05, 0) is 37.5 Å². The van der Waals surface area contributed by atoms with Crippen molar-refractivity contribution >= 4 is 15.9 Å². The Morgan fingerprint density at radius 1 is 1.50 bits per heavy atom. The third-order valence-corrected chi connectivity index (χ3v) is 3.91. The average molecular weight is 229 g/mol. The van der Waals surface area contributed by atoms with Crippen LogP contribution < -0.4 is 0 Å². The maximum Gasteiger partial charge on any atom is 0.00911 e. The summed E-state index contributed by atoms with van der Waals surface area (Å²) < 4.78 is 0. The van der Waals surface area contributed by atoms with Crippen molar-refractivity contribution in [3.05, 3.63) is 24.8 Å². The summed E-state index contributed by atoms with van der Waals surface area (Å²) in [6.07, 6.45) is 12.9. The molecule has 0 heterocycles. The van der Waals surface area contributed by atoms with Crippen LogP contribution in [-0.4, -0.2) is 5.33 Å². The quantitative estimate of drug-likeness (QED) is 0.503. The van der Waals surface area contributed by atoms with E-state index in [1.807, 2.05) is 6.08 Å². The zero-order chi connectivity index (χ0) is 8.86. The zero-order valence-corrected chi connectivity index (χ0v) is 9.15. The monoisotopic (exact) mass is 228 g/mol. The second-order valence-electron chi connectivity index (χ2n) is 3.68. The second-order valence-corrected chi connectivity index (χ2v) is 4.24. The van der Waals surface area contributed by atoms with E-state index in [9.17, 15) is 0 Å². The Bertz CT molecular complexity index is 172. The third kappa shape index (κ3) is 2.48. The molecule has 0 spiro atoms. The van der Waals surface area contributed by atoms with Crippen LogP contribution in [0.1, 0.15) is 32.1 Å². The van der Waals surface area contributed by atoms with Gasteiger partial charge in [-0.25, -0.2) is 0 Å². The van der Waals surface area contributed by atoms with Crippen LogP contribution in [0.5, 0.6) is 0 Å². The van der Waals surface area contributed by atoms with Gasteiger partial charge in [-0.1, -0.05) is 34.2 Å². The molecule has 68 valence electrons. The Hall–Kier alpha value is -0.0400. The van der Waals surface area contributed by atoms with Crippen LogP contribution in [0.4, 0.5) is 0 Å². The molecule has 0 aromatic carbocycles. The van der Waals surface area contributed by atoms with Gasteiger partial charge in [0.15, 0.2) is 0 Å². The molecule has 0 saturated heterocycles. The molecule has 0 saturated carbocycles. The lowest BCUT2D eigenvalue weighted by atomic mass is 9.75. The van der Waals surface area contributed by atoms with Crippen molar-refractivity contribution in [3.63, 3.8) is 0 Å². The lowest BCUT2D eigenvalue weighted by Crippen LogP contribution is -2.23. The van der Waals surface area contributed by atoms with Crippen molar-refractivity contribution in [2.45, 2.75) is 32.1 Å². The molecule has 0 radical (unpaired) electrons. The minimum absolute atomic E-state index is 0.531. The molecule has 0 aromatic heterocycles. The van der Waals surface area contributed by atoms with Gasteiger partial charge in [-0.2, -0.15) is 0 Å². The molecular formula is C11H17Br. The van der Waals surface area contributed by atoms with Gasteiger partial charge in [0.05, 0.1) is 0 Å². The Labute approximate surface area is 83.9 Å². The first kappa shape index (κ1) is 10.0. The normalized spacial score (nSPS) is 28.8. The van der Waals surface area contributed by atoms with E-state index in [0.29, 0.717) is 5.41 Å². The maximum absolute atomic E-state index is 3.78. The van der Waals surface area contributed by atoms with Crippen LogP contribution in [0.25, 0.3) is 0 Å². The summed E-state index contributed by atoms with van der Waals surface area (Å²) in [7, 11) is 0. The lowest BCUT2D eigenvalue weighted by molar-refractivity contribution is 0.281. The first-order chi connectivity index (χ1) is 5.83. The minimum Gasteiger partial charge on any atom is -0.103 e. The summed E-state index contributed by atoms with van der Waals surface area (Å²) in [5.74, 6) is 0. The molecule has 1 heteroatoms. The van der Waals surface area contributed by atoms with Gasteiger partial charge in [0, 0.05) is 5.33 Å². The van der Waals surface area contributed by atoms with Crippen molar-refractivity contribution < 1.29 is 0 Å². The van der Waals surface area contributed by atoms with Crippen molar-refractivity contribution in [2.24, 2.45) is 5.41 Å². The van der Waals surface area contributed by atoms with Crippen LogP contribution in [0.2, 0.25) is 0 Å². The molecule has 0 aromatic rings. The van der Waals surface area contributed by atoms with Gasteiger partial charge in [0.1, 0.15) is 0 Å². The number of alkyl halides is 1. The molecular weight excluding hydrogens is 212 g/mol. The fourth-order valence-corrected chi connectivity index (χ4v) is 2.56. The van der Waals surface area contributed by atoms with E-state index in [-0.39, 0.29) is 0 Å². The van der Waals surface area contributed by atoms with Crippen molar-refractivity contribution in [2.75, 3.05) is 5.33 Å². The highest BCUT2D eigenvalue weighted by molar-refractivity contribution is 9.09. The summed E-state index contributed by atoms with van der Waals surface area (Å²) in [4.78, 5) is 0. The zero-order valence-electron chi connectivity index (χ0n) is 7.56. The molecule has 0 nitrogen and oxygen atoms in total. The molecule has 1 unspecified atom stereocenters. The predicted molar refractivity (Wildman–Crippen MR) is 58.6 cm³/mol. The highest BCUT2D eigenvalue weighted by Gasteiger charge is 2.27. The maximum atomic E-state index is 3.78. The Morgan fingerprint density at radius 3 is 2.83 bits per heavy atom. The molecule has 1 rings (SSSR count). The second kappa shape index (κ2) is 4.86. The molecule has 1 atom stereocenters. The highest BCUT2D eigenvalue weighted by atomic mass is 79.9. The largest absolute Gasteiger partial charge is 0.103 e. The molecule has 0 N–H and O–H groups in total. The van der Waals surface area contributed by atoms with Crippen molar-refractivity contribution in [1.29, 1.82) is 0 Å². The summed E-state index contributed by atoms with van der Waals surface area (Å²) in [5.41, 5.74) is 0.531. The molecule has 0 amide bonds. The van der Waals surface area contributed by atoms with Gasteiger partial charge in [0.2, 0.25) is 0 Å².